The van der Waals surface area contributed by atoms with Crippen molar-refractivity contribution in [3.63, 3.8) is 0 Å². The van der Waals surface area contributed by atoms with Crippen LogP contribution in [-0.2, 0) is 11.3 Å². The zero-order valence-electron chi connectivity index (χ0n) is 14.6. The Morgan fingerprint density at radius 2 is 2.24 bits per heavy atom. The van der Waals surface area contributed by atoms with Crippen molar-refractivity contribution >= 4 is 17.4 Å². The van der Waals surface area contributed by atoms with Gasteiger partial charge in [0.1, 0.15) is 16.5 Å². The van der Waals surface area contributed by atoms with Crippen molar-refractivity contribution in [3.8, 4) is 0 Å². The fourth-order valence-electron chi connectivity index (χ4n) is 2.86. The highest BCUT2D eigenvalue weighted by Crippen LogP contribution is 2.23. The highest BCUT2D eigenvalue weighted by molar-refractivity contribution is 7.09. The van der Waals surface area contributed by atoms with Gasteiger partial charge in [0.15, 0.2) is 0 Å². The second kappa shape index (κ2) is 8.46. The van der Waals surface area contributed by atoms with Gasteiger partial charge in [-0.25, -0.2) is 9.78 Å². The van der Waals surface area contributed by atoms with Crippen LogP contribution in [0.15, 0.2) is 28.1 Å². The Bertz CT molecular complexity index is 667. The van der Waals surface area contributed by atoms with Crippen LogP contribution in [0, 0.1) is 6.92 Å². The number of nitrogens with zero attached hydrogens (tertiary/aromatic N) is 3. The molecule has 3 rings (SSSR count). The van der Waals surface area contributed by atoms with Gasteiger partial charge in [0.2, 0.25) is 0 Å². The van der Waals surface area contributed by atoms with Crippen molar-refractivity contribution in [2.75, 3.05) is 39.9 Å². The number of aromatic nitrogens is 1. The average Bonchev–Trinajstić information content (AvgIpc) is 3.28. The normalized spacial score (nSPS) is 16.6. The minimum atomic E-state index is -0.114. The Morgan fingerprint density at radius 1 is 1.44 bits per heavy atom. The smallest absolute Gasteiger partial charge is 0.317 e. The van der Waals surface area contributed by atoms with Crippen LogP contribution in [0.25, 0.3) is 0 Å². The lowest BCUT2D eigenvalue weighted by atomic mass is 10.1. The number of furan rings is 1. The van der Waals surface area contributed by atoms with Gasteiger partial charge in [-0.3, -0.25) is 4.90 Å². The number of hydrogen-bond acceptors (Lipinski definition) is 6. The van der Waals surface area contributed by atoms with Gasteiger partial charge >= 0.3 is 6.03 Å². The Hall–Kier alpha value is -1.90. The molecule has 7 nitrogen and oxygen atoms in total. The van der Waals surface area contributed by atoms with Crippen LogP contribution in [0.3, 0.4) is 0 Å². The molecule has 1 fully saturated rings. The van der Waals surface area contributed by atoms with Gasteiger partial charge in [-0.05, 0) is 19.1 Å². The molecule has 0 aliphatic carbocycles. The summed E-state index contributed by atoms with van der Waals surface area (Å²) in [6, 6.07) is 3.84. The third-order valence-electron chi connectivity index (χ3n) is 4.23. The van der Waals surface area contributed by atoms with Crippen LogP contribution >= 0.6 is 11.3 Å². The average molecular weight is 364 g/mol. The van der Waals surface area contributed by atoms with Gasteiger partial charge in [0.25, 0.3) is 0 Å². The quantitative estimate of drug-likeness (QED) is 0.851. The minimum Gasteiger partial charge on any atom is -0.465 e. The van der Waals surface area contributed by atoms with E-state index < -0.39 is 0 Å². The standard InChI is InChI=1S/C17H24N4O3S/c1-13-3-4-15(24-13)14(21-6-8-23-9-7-21)11-19-17(22)20(2)12-16-18-5-10-25-16/h3-5,10,14H,6-9,11-12H2,1-2H3,(H,19,22). The maximum absolute atomic E-state index is 12.4. The van der Waals surface area contributed by atoms with Gasteiger partial charge in [-0.2, -0.15) is 0 Å². The molecule has 1 saturated heterocycles. The number of nitrogens with one attached hydrogen (secondary N) is 1. The number of carbonyl (C=O) groups excluding carboxylic acids is 1. The van der Waals surface area contributed by atoms with E-state index in [0.717, 1.165) is 29.6 Å². The highest BCUT2D eigenvalue weighted by atomic mass is 32.1. The molecular formula is C17H24N4O3S. The summed E-state index contributed by atoms with van der Waals surface area (Å²) in [5, 5.41) is 5.85. The highest BCUT2D eigenvalue weighted by Gasteiger charge is 2.26. The molecule has 0 aromatic carbocycles. The summed E-state index contributed by atoms with van der Waals surface area (Å²) in [5.41, 5.74) is 0. The number of hydrogen-bond donors (Lipinski definition) is 1. The van der Waals surface area contributed by atoms with E-state index in [-0.39, 0.29) is 12.1 Å². The molecule has 2 amide bonds. The number of aryl methyl sites for hydroxylation is 1. The van der Waals surface area contributed by atoms with Gasteiger partial charge < -0.3 is 19.4 Å². The molecule has 1 atom stereocenters. The molecule has 2 aromatic heterocycles. The molecule has 2 aromatic rings. The number of ether oxygens (including phenoxy) is 1. The van der Waals surface area contributed by atoms with Crippen LogP contribution in [0.5, 0.6) is 0 Å². The van der Waals surface area contributed by atoms with E-state index in [1.165, 1.54) is 0 Å². The number of urea groups is 1. The van der Waals surface area contributed by atoms with Gasteiger partial charge in [0, 0.05) is 38.3 Å². The number of rotatable bonds is 6. The zero-order valence-corrected chi connectivity index (χ0v) is 15.4. The van der Waals surface area contributed by atoms with E-state index in [4.69, 9.17) is 9.15 Å². The fraction of sp³-hybridized carbons (Fsp3) is 0.529. The van der Waals surface area contributed by atoms with E-state index >= 15 is 0 Å². The third kappa shape index (κ3) is 4.81. The molecule has 8 heteroatoms. The summed E-state index contributed by atoms with van der Waals surface area (Å²) < 4.78 is 11.3. The Kier molecular flexibility index (Phi) is 6.06. The maximum atomic E-state index is 12.4. The van der Waals surface area contributed by atoms with Crippen molar-refractivity contribution in [1.29, 1.82) is 0 Å². The molecule has 0 bridgehead atoms. The summed E-state index contributed by atoms with van der Waals surface area (Å²) >= 11 is 1.55. The molecule has 1 unspecified atom stereocenters. The first kappa shape index (κ1) is 17.9. The topological polar surface area (TPSA) is 70.8 Å². The van der Waals surface area contributed by atoms with Crippen molar-refractivity contribution in [3.05, 3.63) is 40.2 Å². The van der Waals surface area contributed by atoms with E-state index in [2.05, 4.69) is 15.2 Å². The molecule has 0 radical (unpaired) electrons. The lowest BCUT2D eigenvalue weighted by molar-refractivity contribution is 0.0119. The Balaban J connectivity index is 1.60. The first-order valence-electron chi connectivity index (χ1n) is 8.39. The Labute approximate surface area is 151 Å². The van der Waals surface area contributed by atoms with Crippen LogP contribution in [0.4, 0.5) is 4.79 Å². The molecule has 1 aliphatic rings. The van der Waals surface area contributed by atoms with Crippen molar-refractivity contribution < 1.29 is 13.9 Å². The number of morpholine rings is 1. The molecule has 0 saturated carbocycles. The summed E-state index contributed by atoms with van der Waals surface area (Å²) in [7, 11) is 1.78. The summed E-state index contributed by atoms with van der Waals surface area (Å²) in [5.74, 6) is 1.75. The van der Waals surface area contributed by atoms with E-state index in [0.29, 0.717) is 26.3 Å². The summed E-state index contributed by atoms with van der Waals surface area (Å²) in [6.07, 6.45) is 1.75. The van der Waals surface area contributed by atoms with Crippen LogP contribution in [-0.4, -0.2) is 60.7 Å². The lowest BCUT2D eigenvalue weighted by Crippen LogP contribution is -2.45. The van der Waals surface area contributed by atoms with Crippen LogP contribution < -0.4 is 5.32 Å². The number of thiazole rings is 1. The molecule has 25 heavy (non-hydrogen) atoms. The number of amides is 2. The fourth-order valence-corrected chi connectivity index (χ4v) is 3.52. The molecule has 1 N–H and O–H groups in total. The lowest BCUT2D eigenvalue weighted by Gasteiger charge is -2.33. The van der Waals surface area contributed by atoms with Crippen molar-refractivity contribution in [2.45, 2.75) is 19.5 Å². The largest absolute Gasteiger partial charge is 0.465 e. The van der Waals surface area contributed by atoms with Crippen LogP contribution in [0.2, 0.25) is 0 Å². The van der Waals surface area contributed by atoms with Crippen molar-refractivity contribution in [2.24, 2.45) is 0 Å². The second-order valence-electron chi connectivity index (χ2n) is 6.08. The molecule has 1 aliphatic heterocycles. The van der Waals surface area contributed by atoms with E-state index in [1.807, 2.05) is 24.4 Å². The predicted octanol–water partition coefficient (Wildman–Crippen LogP) is 2.26. The zero-order chi connectivity index (χ0) is 17.6. The minimum absolute atomic E-state index is 0.00909. The first-order valence-corrected chi connectivity index (χ1v) is 9.27. The maximum Gasteiger partial charge on any atom is 0.317 e. The number of carbonyl (C=O) groups is 1. The second-order valence-corrected chi connectivity index (χ2v) is 7.06. The van der Waals surface area contributed by atoms with E-state index in [9.17, 15) is 4.79 Å². The monoisotopic (exact) mass is 364 g/mol. The van der Waals surface area contributed by atoms with E-state index in [1.54, 1.807) is 29.5 Å². The van der Waals surface area contributed by atoms with Gasteiger partial charge in [0.05, 0.1) is 25.8 Å². The molecule has 0 spiro atoms. The van der Waals surface area contributed by atoms with Gasteiger partial charge in [-0.15, -0.1) is 11.3 Å². The first-order chi connectivity index (χ1) is 12.1. The predicted molar refractivity (Wildman–Crippen MR) is 95.6 cm³/mol. The summed E-state index contributed by atoms with van der Waals surface area (Å²) in [4.78, 5) is 20.6. The van der Waals surface area contributed by atoms with Crippen LogP contribution in [0.1, 0.15) is 22.6 Å². The van der Waals surface area contributed by atoms with Crippen molar-refractivity contribution in [1.82, 2.24) is 20.1 Å². The van der Waals surface area contributed by atoms with Gasteiger partial charge in [-0.1, -0.05) is 0 Å². The SMILES string of the molecule is Cc1ccc(C(CNC(=O)N(C)Cc2nccs2)N2CCOCC2)o1. The Morgan fingerprint density at radius 3 is 2.88 bits per heavy atom. The molecular weight excluding hydrogens is 340 g/mol. The molecule has 3 heterocycles. The third-order valence-corrected chi connectivity index (χ3v) is 4.99. The molecule has 136 valence electrons. The summed E-state index contributed by atoms with van der Waals surface area (Å²) in [6.45, 7) is 5.99.